The van der Waals surface area contributed by atoms with Gasteiger partial charge < -0.3 is 0 Å². The van der Waals surface area contributed by atoms with E-state index >= 15 is 0 Å². The van der Waals surface area contributed by atoms with Gasteiger partial charge in [0.15, 0.2) is 0 Å². The molecule has 0 radical (unpaired) electrons. The van der Waals surface area contributed by atoms with E-state index in [9.17, 15) is 0 Å². The van der Waals surface area contributed by atoms with Crippen LogP contribution in [0.1, 0.15) is 12.5 Å². The molecule has 0 aliphatic carbocycles. The summed E-state index contributed by atoms with van der Waals surface area (Å²) >= 11 is 1.78. The third-order valence-electron chi connectivity index (χ3n) is 1.54. The lowest BCUT2D eigenvalue weighted by Gasteiger charge is -2.01. The van der Waals surface area contributed by atoms with Crippen LogP contribution in [-0.4, -0.2) is 6.26 Å². The summed E-state index contributed by atoms with van der Waals surface area (Å²) in [4.78, 5) is 1.34. The predicted octanol–water partition coefficient (Wildman–Crippen LogP) is 3.41. The molecule has 1 rings (SSSR count). The van der Waals surface area contributed by atoms with E-state index in [-0.39, 0.29) is 0 Å². The molecule has 0 bridgehead atoms. The lowest BCUT2D eigenvalue weighted by molar-refractivity contribution is 1.63. The van der Waals surface area contributed by atoms with Crippen LogP contribution in [0.4, 0.5) is 0 Å². The van der Waals surface area contributed by atoms with Gasteiger partial charge in [-0.3, -0.25) is 0 Å². The van der Waals surface area contributed by atoms with Crippen LogP contribution in [0.5, 0.6) is 0 Å². The van der Waals surface area contributed by atoms with E-state index in [0.717, 1.165) is 0 Å². The van der Waals surface area contributed by atoms with Crippen LogP contribution < -0.4 is 0 Å². The molecule has 0 aliphatic heterocycles. The van der Waals surface area contributed by atoms with Crippen LogP contribution in [-0.2, 0) is 0 Å². The van der Waals surface area contributed by atoms with Crippen molar-refractivity contribution in [1.82, 2.24) is 0 Å². The minimum Gasteiger partial charge on any atom is -0.129 e. The molecule has 0 atom stereocenters. The molecule has 0 unspecified atom stereocenters. The Hall–Kier alpha value is -0.690. The van der Waals surface area contributed by atoms with E-state index in [4.69, 9.17) is 0 Å². The zero-order chi connectivity index (χ0) is 8.10. The molecular weight excluding hydrogens is 152 g/mol. The standard InChI is InChI=1S/C10H12S/c1-3-10(11-2)9-7-5-4-6-8-9/h3-8H,1-2H3/b10-3+. The first-order chi connectivity index (χ1) is 5.38. The molecule has 0 N–H and O–H groups in total. The molecule has 0 nitrogen and oxygen atoms in total. The first kappa shape index (κ1) is 8.41. The molecule has 58 valence electrons. The van der Waals surface area contributed by atoms with Crippen molar-refractivity contribution in [3.8, 4) is 0 Å². The van der Waals surface area contributed by atoms with Crippen molar-refractivity contribution in [2.24, 2.45) is 0 Å². The highest BCUT2D eigenvalue weighted by Crippen LogP contribution is 2.23. The maximum atomic E-state index is 2.14. The fourth-order valence-corrected chi connectivity index (χ4v) is 1.61. The molecule has 0 saturated heterocycles. The SMILES string of the molecule is C/C=C(/SC)c1ccccc1. The van der Waals surface area contributed by atoms with Crippen LogP contribution in [0.15, 0.2) is 36.4 Å². The van der Waals surface area contributed by atoms with Crippen molar-refractivity contribution in [3.05, 3.63) is 42.0 Å². The normalized spacial score (nSPS) is 11.6. The Labute approximate surface area is 72.3 Å². The molecule has 1 aromatic carbocycles. The fourth-order valence-electron chi connectivity index (χ4n) is 1.00. The Morgan fingerprint density at radius 2 is 1.91 bits per heavy atom. The van der Waals surface area contributed by atoms with E-state index in [1.807, 2.05) is 6.07 Å². The van der Waals surface area contributed by atoms with Crippen LogP contribution >= 0.6 is 11.8 Å². The third kappa shape index (κ3) is 2.12. The highest BCUT2D eigenvalue weighted by atomic mass is 32.2. The molecule has 0 saturated carbocycles. The molecule has 0 amide bonds. The van der Waals surface area contributed by atoms with E-state index in [1.165, 1.54) is 10.5 Å². The number of allylic oxidation sites excluding steroid dienone is 1. The van der Waals surface area contributed by atoms with E-state index < -0.39 is 0 Å². The summed E-state index contributed by atoms with van der Waals surface area (Å²) in [5.74, 6) is 0. The summed E-state index contributed by atoms with van der Waals surface area (Å²) < 4.78 is 0. The Balaban J connectivity index is 2.92. The molecule has 0 spiro atoms. The summed E-state index contributed by atoms with van der Waals surface area (Å²) in [6, 6.07) is 10.4. The van der Waals surface area contributed by atoms with Crippen molar-refractivity contribution >= 4 is 16.7 Å². The minimum absolute atomic E-state index is 1.31. The van der Waals surface area contributed by atoms with Crippen molar-refractivity contribution < 1.29 is 0 Å². The van der Waals surface area contributed by atoms with Gasteiger partial charge in [-0.2, -0.15) is 0 Å². The summed E-state index contributed by atoms with van der Waals surface area (Å²) in [5, 5.41) is 0. The molecule has 11 heavy (non-hydrogen) atoms. The fraction of sp³-hybridized carbons (Fsp3) is 0.200. The summed E-state index contributed by atoms with van der Waals surface area (Å²) in [6.07, 6.45) is 4.24. The molecule has 1 aromatic rings. The van der Waals surface area contributed by atoms with E-state index in [0.29, 0.717) is 0 Å². The van der Waals surface area contributed by atoms with Gasteiger partial charge in [-0.15, -0.1) is 11.8 Å². The van der Waals surface area contributed by atoms with Gasteiger partial charge in [0.1, 0.15) is 0 Å². The predicted molar refractivity (Wildman–Crippen MR) is 53.6 cm³/mol. The smallest absolute Gasteiger partial charge is 0.00989 e. The van der Waals surface area contributed by atoms with Gasteiger partial charge in [0.05, 0.1) is 0 Å². The van der Waals surface area contributed by atoms with Crippen LogP contribution in [0, 0.1) is 0 Å². The van der Waals surface area contributed by atoms with E-state index in [1.54, 1.807) is 11.8 Å². The first-order valence-corrected chi connectivity index (χ1v) is 4.86. The number of rotatable bonds is 2. The van der Waals surface area contributed by atoms with Gasteiger partial charge in [0, 0.05) is 4.91 Å². The second-order valence-electron chi connectivity index (χ2n) is 2.22. The minimum atomic E-state index is 1.31. The average Bonchev–Trinajstić information content (AvgIpc) is 2.09. The van der Waals surface area contributed by atoms with Crippen LogP contribution in [0.25, 0.3) is 4.91 Å². The molecule has 0 fully saturated rings. The Kier molecular flexibility index (Phi) is 3.24. The van der Waals surface area contributed by atoms with Crippen LogP contribution in [0.3, 0.4) is 0 Å². The maximum absolute atomic E-state index is 2.14. The largest absolute Gasteiger partial charge is 0.129 e. The Morgan fingerprint density at radius 3 is 2.36 bits per heavy atom. The van der Waals surface area contributed by atoms with Gasteiger partial charge in [-0.1, -0.05) is 36.4 Å². The zero-order valence-electron chi connectivity index (χ0n) is 6.87. The van der Waals surface area contributed by atoms with Crippen molar-refractivity contribution in [2.45, 2.75) is 6.92 Å². The van der Waals surface area contributed by atoms with Crippen molar-refractivity contribution in [1.29, 1.82) is 0 Å². The van der Waals surface area contributed by atoms with Gasteiger partial charge in [-0.05, 0) is 18.7 Å². The monoisotopic (exact) mass is 164 g/mol. The van der Waals surface area contributed by atoms with Gasteiger partial charge in [-0.25, -0.2) is 0 Å². The average molecular weight is 164 g/mol. The number of hydrogen-bond donors (Lipinski definition) is 0. The molecule has 1 heteroatoms. The summed E-state index contributed by atoms with van der Waals surface area (Å²) in [6.45, 7) is 2.07. The van der Waals surface area contributed by atoms with Gasteiger partial charge in [0.2, 0.25) is 0 Å². The van der Waals surface area contributed by atoms with Gasteiger partial charge >= 0.3 is 0 Å². The number of benzene rings is 1. The Bertz CT molecular complexity index is 236. The molecular formula is C10H12S. The number of thioether (sulfide) groups is 1. The lowest BCUT2D eigenvalue weighted by atomic mass is 10.2. The molecule has 0 aromatic heterocycles. The molecule has 0 aliphatic rings. The highest BCUT2D eigenvalue weighted by molar-refractivity contribution is 8.07. The maximum Gasteiger partial charge on any atom is 0.00989 e. The zero-order valence-corrected chi connectivity index (χ0v) is 7.69. The van der Waals surface area contributed by atoms with Gasteiger partial charge in [0.25, 0.3) is 0 Å². The Morgan fingerprint density at radius 1 is 1.27 bits per heavy atom. The summed E-state index contributed by atoms with van der Waals surface area (Å²) in [7, 11) is 0. The second-order valence-corrected chi connectivity index (χ2v) is 3.07. The summed E-state index contributed by atoms with van der Waals surface area (Å²) in [5.41, 5.74) is 1.31. The van der Waals surface area contributed by atoms with E-state index in [2.05, 4.69) is 43.5 Å². The van der Waals surface area contributed by atoms with Crippen LogP contribution in [0.2, 0.25) is 0 Å². The lowest BCUT2D eigenvalue weighted by Crippen LogP contribution is -1.75. The van der Waals surface area contributed by atoms with Crippen molar-refractivity contribution in [2.75, 3.05) is 6.26 Å². The number of hydrogen-bond acceptors (Lipinski definition) is 1. The highest BCUT2D eigenvalue weighted by Gasteiger charge is 1.94. The van der Waals surface area contributed by atoms with Crippen molar-refractivity contribution in [3.63, 3.8) is 0 Å². The topological polar surface area (TPSA) is 0 Å². The second kappa shape index (κ2) is 4.24. The quantitative estimate of drug-likeness (QED) is 0.645. The third-order valence-corrected chi connectivity index (χ3v) is 2.45. The molecule has 0 heterocycles. The first-order valence-electron chi connectivity index (χ1n) is 3.64.